The number of hydrogen-bond donors (Lipinski definition) is 1. The molecule has 84 valence electrons. The Hall–Kier alpha value is -1.85. The van der Waals surface area contributed by atoms with Crippen LogP contribution in [0.2, 0.25) is 0 Å². The van der Waals surface area contributed by atoms with Crippen molar-refractivity contribution in [2.45, 2.75) is 10.2 Å². The first kappa shape index (κ1) is 10.3. The molecule has 0 aliphatic carbocycles. The Morgan fingerprint density at radius 2 is 1.88 bits per heavy atom. The van der Waals surface area contributed by atoms with E-state index in [4.69, 9.17) is 0 Å². The molecule has 0 fully saturated rings. The summed E-state index contributed by atoms with van der Waals surface area (Å²) in [4.78, 5) is 11.4. The van der Waals surface area contributed by atoms with Gasteiger partial charge in [0.1, 0.15) is 0 Å². The first-order valence-electron chi connectivity index (χ1n) is 5.12. The number of imidazole rings is 1. The maximum atomic E-state index is 12.2. The highest BCUT2D eigenvalue weighted by Gasteiger charge is 2.20. The molecule has 2 heterocycles. The van der Waals surface area contributed by atoms with E-state index < -0.39 is 11.2 Å². The molecule has 0 radical (unpaired) electrons. The highest BCUT2D eigenvalue weighted by molar-refractivity contribution is 7.91. The van der Waals surface area contributed by atoms with E-state index in [1.807, 2.05) is 30.3 Å². The average molecular weight is 243 g/mol. The Morgan fingerprint density at radius 3 is 2.65 bits per heavy atom. The van der Waals surface area contributed by atoms with Gasteiger partial charge in [-0.25, -0.2) is 4.98 Å². The SMILES string of the molecule is [O-][S+](c1ccccn1)c1nc2ccccc2[nH]1. The smallest absolute Gasteiger partial charge is 0.329 e. The largest absolute Gasteiger partial charge is 0.603 e. The zero-order valence-electron chi connectivity index (χ0n) is 8.83. The minimum absolute atomic E-state index is 0.435. The molecular formula is C12H9N3OS. The third-order valence-electron chi connectivity index (χ3n) is 2.37. The molecule has 4 nitrogen and oxygen atoms in total. The van der Waals surface area contributed by atoms with Crippen LogP contribution in [0.3, 0.4) is 0 Å². The van der Waals surface area contributed by atoms with Crippen molar-refractivity contribution in [3.63, 3.8) is 0 Å². The number of hydrogen-bond acceptors (Lipinski definition) is 3. The van der Waals surface area contributed by atoms with Gasteiger partial charge >= 0.3 is 5.16 Å². The van der Waals surface area contributed by atoms with Gasteiger partial charge in [0, 0.05) is 12.3 Å². The summed E-state index contributed by atoms with van der Waals surface area (Å²) in [7, 11) is 0. The third kappa shape index (κ3) is 1.90. The minimum Gasteiger partial charge on any atom is -0.603 e. The van der Waals surface area contributed by atoms with Crippen LogP contribution in [-0.4, -0.2) is 19.5 Å². The molecule has 3 rings (SSSR count). The molecule has 2 aromatic heterocycles. The molecular weight excluding hydrogens is 234 g/mol. The van der Waals surface area contributed by atoms with Crippen molar-refractivity contribution in [1.29, 1.82) is 0 Å². The van der Waals surface area contributed by atoms with Crippen LogP contribution in [0.15, 0.2) is 58.8 Å². The summed E-state index contributed by atoms with van der Waals surface area (Å²) >= 11 is -1.36. The molecule has 1 N–H and O–H groups in total. The molecule has 0 spiro atoms. The molecule has 0 saturated heterocycles. The predicted molar refractivity (Wildman–Crippen MR) is 65.0 cm³/mol. The summed E-state index contributed by atoms with van der Waals surface area (Å²) in [5.74, 6) is 0. The van der Waals surface area contributed by atoms with Crippen molar-refractivity contribution in [3.8, 4) is 0 Å². The summed E-state index contributed by atoms with van der Waals surface area (Å²) in [5, 5.41) is 0.941. The van der Waals surface area contributed by atoms with Gasteiger partial charge in [0.2, 0.25) is 0 Å². The van der Waals surface area contributed by atoms with Crippen molar-refractivity contribution >= 4 is 22.2 Å². The second-order valence-corrected chi connectivity index (χ2v) is 4.84. The maximum absolute atomic E-state index is 12.2. The van der Waals surface area contributed by atoms with Gasteiger partial charge in [0.05, 0.1) is 22.2 Å². The summed E-state index contributed by atoms with van der Waals surface area (Å²) in [6.07, 6.45) is 1.62. The van der Waals surface area contributed by atoms with Gasteiger partial charge in [-0.3, -0.25) is 4.98 Å². The fourth-order valence-corrected chi connectivity index (χ4v) is 2.51. The molecule has 1 aromatic carbocycles. The van der Waals surface area contributed by atoms with Gasteiger partial charge in [-0.2, -0.15) is 4.98 Å². The first-order chi connectivity index (χ1) is 8.34. The van der Waals surface area contributed by atoms with Crippen molar-refractivity contribution in [3.05, 3.63) is 48.7 Å². The molecule has 1 atom stereocenters. The lowest BCUT2D eigenvalue weighted by atomic mass is 10.3. The third-order valence-corrected chi connectivity index (χ3v) is 3.54. The molecule has 0 saturated carbocycles. The Balaban J connectivity index is 2.04. The van der Waals surface area contributed by atoms with Crippen LogP contribution in [0.4, 0.5) is 0 Å². The monoisotopic (exact) mass is 243 g/mol. The van der Waals surface area contributed by atoms with E-state index in [1.165, 1.54) is 0 Å². The van der Waals surface area contributed by atoms with E-state index >= 15 is 0 Å². The molecule has 0 aliphatic rings. The lowest BCUT2D eigenvalue weighted by molar-refractivity contribution is 0.584. The average Bonchev–Trinajstić information content (AvgIpc) is 2.82. The van der Waals surface area contributed by atoms with Crippen LogP contribution in [-0.2, 0) is 11.2 Å². The summed E-state index contributed by atoms with van der Waals surface area (Å²) in [6.45, 7) is 0. The van der Waals surface area contributed by atoms with Crippen molar-refractivity contribution in [2.75, 3.05) is 0 Å². The Labute approximate surface area is 101 Å². The van der Waals surface area contributed by atoms with E-state index in [0.29, 0.717) is 10.2 Å². The van der Waals surface area contributed by atoms with Gasteiger partial charge < -0.3 is 4.55 Å². The van der Waals surface area contributed by atoms with Crippen LogP contribution >= 0.6 is 0 Å². The normalized spacial score (nSPS) is 12.8. The van der Waals surface area contributed by atoms with Gasteiger partial charge in [0.15, 0.2) is 0 Å². The maximum Gasteiger partial charge on any atom is 0.329 e. The zero-order valence-corrected chi connectivity index (χ0v) is 9.65. The molecule has 17 heavy (non-hydrogen) atoms. The van der Waals surface area contributed by atoms with Crippen LogP contribution in [0, 0.1) is 0 Å². The van der Waals surface area contributed by atoms with Gasteiger partial charge in [-0.1, -0.05) is 18.2 Å². The lowest BCUT2D eigenvalue weighted by Crippen LogP contribution is -2.05. The number of para-hydroxylation sites is 2. The number of H-pyrrole nitrogens is 1. The van der Waals surface area contributed by atoms with Gasteiger partial charge in [-0.15, -0.1) is 0 Å². The fourth-order valence-electron chi connectivity index (χ4n) is 1.57. The summed E-state index contributed by atoms with van der Waals surface area (Å²) in [5.41, 5.74) is 1.69. The number of benzene rings is 1. The Morgan fingerprint density at radius 1 is 1.06 bits per heavy atom. The molecule has 0 bridgehead atoms. The van der Waals surface area contributed by atoms with Crippen LogP contribution < -0.4 is 0 Å². The first-order valence-corrected chi connectivity index (χ1v) is 6.27. The van der Waals surface area contributed by atoms with Crippen molar-refractivity contribution < 1.29 is 4.55 Å². The van der Waals surface area contributed by atoms with E-state index in [9.17, 15) is 4.55 Å². The summed E-state index contributed by atoms with van der Waals surface area (Å²) in [6, 6.07) is 12.9. The number of aromatic amines is 1. The van der Waals surface area contributed by atoms with E-state index in [2.05, 4.69) is 15.0 Å². The summed E-state index contributed by atoms with van der Waals surface area (Å²) < 4.78 is 12.2. The zero-order chi connectivity index (χ0) is 11.7. The van der Waals surface area contributed by atoms with Crippen LogP contribution in [0.5, 0.6) is 0 Å². The van der Waals surface area contributed by atoms with Crippen molar-refractivity contribution in [1.82, 2.24) is 15.0 Å². The second kappa shape index (κ2) is 4.20. The number of pyridine rings is 1. The fraction of sp³-hybridized carbons (Fsp3) is 0. The topological polar surface area (TPSA) is 64.6 Å². The minimum atomic E-state index is -1.36. The number of fused-ring (bicyclic) bond motifs is 1. The van der Waals surface area contributed by atoms with E-state index in [1.54, 1.807) is 18.3 Å². The van der Waals surface area contributed by atoms with Crippen molar-refractivity contribution in [2.24, 2.45) is 0 Å². The quantitative estimate of drug-likeness (QED) is 0.701. The predicted octanol–water partition coefficient (Wildman–Crippen LogP) is 2.12. The molecule has 1 unspecified atom stereocenters. The molecule has 0 amide bonds. The highest BCUT2D eigenvalue weighted by atomic mass is 32.2. The van der Waals surface area contributed by atoms with Crippen LogP contribution in [0.1, 0.15) is 0 Å². The standard InChI is InChI=1S/C12H9N3OS/c16-17(11-7-3-4-8-13-11)12-14-9-5-1-2-6-10(9)15-12/h1-8H,(H,14,15). The second-order valence-electron chi connectivity index (χ2n) is 3.50. The highest BCUT2D eigenvalue weighted by Crippen LogP contribution is 2.19. The number of rotatable bonds is 2. The molecule has 5 heteroatoms. The van der Waals surface area contributed by atoms with Gasteiger partial charge in [-0.05, 0) is 18.2 Å². The van der Waals surface area contributed by atoms with Crippen LogP contribution in [0.25, 0.3) is 11.0 Å². The Kier molecular flexibility index (Phi) is 2.55. The van der Waals surface area contributed by atoms with E-state index in [0.717, 1.165) is 11.0 Å². The number of aromatic nitrogens is 3. The number of nitrogens with one attached hydrogen (secondary N) is 1. The number of nitrogens with zero attached hydrogens (tertiary/aromatic N) is 2. The Bertz CT molecular complexity index is 605. The lowest BCUT2D eigenvalue weighted by Gasteiger charge is -2.03. The molecule has 0 aliphatic heterocycles. The van der Waals surface area contributed by atoms with Gasteiger partial charge in [0.25, 0.3) is 5.03 Å². The molecule has 3 aromatic rings. The van der Waals surface area contributed by atoms with E-state index in [-0.39, 0.29) is 0 Å².